The van der Waals surface area contributed by atoms with Crippen LogP contribution in [0, 0.1) is 6.92 Å². The summed E-state index contributed by atoms with van der Waals surface area (Å²) < 4.78 is 6.65. The number of hydrogen-bond acceptors (Lipinski definition) is 4. The van der Waals surface area contributed by atoms with Gasteiger partial charge in [-0.1, -0.05) is 29.8 Å². The van der Waals surface area contributed by atoms with Crippen LogP contribution in [0.1, 0.15) is 23.7 Å². The van der Waals surface area contributed by atoms with Crippen molar-refractivity contribution in [3.63, 3.8) is 0 Å². The van der Waals surface area contributed by atoms with Crippen LogP contribution in [-0.4, -0.2) is 22.2 Å². The van der Waals surface area contributed by atoms with Crippen molar-refractivity contribution in [3.05, 3.63) is 63.6 Å². The number of nitrogens with zero attached hydrogens (tertiary/aromatic N) is 1. The number of rotatable bonds is 5. The van der Waals surface area contributed by atoms with Gasteiger partial charge in [0, 0.05) is 25.6 Å². The van der Waals surface area contributed by atoms with Crippen LogP contribution in [0.3, 0.4) is 0 Å². The molecular weight excluding hydrogens is 282 g/mol. The first-order valence-electron chi connectivity index (χ1n) is 7.07. The summed E-state index contributed by atoms with van der Waals surface area (Å²) in [6.45, 7) is 3.92. The van der Waals surface area contributed by atoms with E-state index in [4.69, 9.17) is 4.74 Å². The topological polar surface area (TPSA) is 68.5 Å². The molecule has 116 valence electrons. The molecule has 0 unspecified atom stereocenters. The fourth-order valence-electron chi connectivity index (χ4n) is 2.19. The first kappa shape index (κ1) is 15.8. The summed E-state index contributed by atoms with van der Waals surface area (Å²) in [4.78, 5) is 22.5. The van der Waals surface area contributed by atoms with Gasteiger partial charge in [0.2, 0.25) is 5.43 Å². The van der Waals surface area contributed by atoms with E-state index in [1.807, 2.05) is 31.2 Å². The van der Waals surface area contributed by atoms with Crippen LogP contribution in [0.2, 0.25) is 0 Å². The normalized spacial score (nSPS) is 10.5. The highest BCUT2D eigenvalue weighted by Gasteiger charge is 2.11. The lowest BCUT2D eigenvalue weighted by molar-refractivity contribution is -0.141. The van der Waals surface area contributed by atoms with Gasteiger partial charge in [-0.05, 0) is 12.5 Å². The number of aryl methyl sites for hydroxylation is 1. The molecule has 0 bridgehead atoms. The Morgan fingerprint density at radius 1 is 1.23 bits per heavy atom. The van der Waals surface area contributed by atoms with E-state index in [2.05, 4.69) is 0 Å². The molecule has 22 heavy (non-hydrogen) atoms. The minimum atomic E-state index is -0.411. The summed E-state index contributed by atoms with van der Waals surface area (Å²) in [5, 5.41) is 10.1. The monoisotopic (exact) mass is 301 g/mol. The Bertz CT molecular complexity index is 716. The molecule has 0 aliphatic carbocycles. The average molecular weight is 301 g/mol. The third kappa shape index (κ3) is 3.97. The van der Waals surface area contributed by atoms with E-state index in [1.54, 1.807) is 10.8 Å². The number of carbonyl (C=O) groups is 1. The van der Waals surface area contributed by atoms with Crippen LogP contribution in [0.15, 0.2) is 41.3 Å². The highest BCUT2D eigenvalue weighted by Crippen LogP contribution is 2.17. The van der Waals surface area contributed by atoms with E-state index in [9.17, 15) is 14.7 Å². The van der Waals surface area contributed by atoms with E-state index in [0.29, 0.717) is 18.7 Å². The van der Waals surface area contributed by atoms with E-state index in [0.717, 1.165) is 11.1 Å². The van der Waals surface area contributed by atoms with Gasteiger partial charge in [-0.2, -0.15) is 0 Å². The van der Waals surface area contributed by atoms with Crippen molar-refractivity contribution in [2.24, 2.45) is 0 Å². The summed E-state index contributed by atoms with van der Waals surface area (Å²) in [6, 6.07) is 9.19. The summed E-state index contributed by atoms with van der Waals surface area (Å²) >= 11 is 0. The van der Waals surface area contributed by atoms with Gasteiger partial charge in [-0.15, -0.1) is 0 Å². The third-order valence-corrected chi connectivity index (χ3v) is 3.39. The molecule has 5 nitrogen and oxygen atoms in total. The smallest absolute Gasteiger partial charge is 0.302 e. The predicted octanol–water partition coefficient (Wildman–Crippen LogP) is 2.02. The summed E-state index contributed by atoms with van der Waals surface area (Å²) in [6.07, 6.45) is 2.04. The largest absolute Gasteiger partial charge is 0.503 e. The maximum Gasteiger partial charge on any atom is 0.302 e. The standard InChI is InChI=1S/C17H19NO4/c1-12-3-5-14(6-4-12)11-15-17(21)16(20)7-8-18(15)9-10-22-13(2)19/h3-8,21H,9-11H2,1-2H3. The van der Waals surface area contributed by atoms with E-state index in [1.165, 1.54) is 13.0 Å². The zero-order valence-corrected chi connectivity index (χ0v) is 12.7. The van der Waals surface area contributed by atoms with Gasteiger partial charge in [0.05, 0.1) is 12.2 Å². The van der Waals surface area contributed by atoms with Gasteiger partial charge in [0.1, 0.15) is 6.61 Å². The quantitative estimate of drug-likeness (QED) is 0.858. The first-order chi connectivity index (χ1) is 10.5. The molecule has 0 radical (unpaired) electrons. The molecule has 1 aromatic carbocycles. The van der Waals surface area contributed by atoms with Crippen LogP contribution in [0.25, 0.3) is 0 Å². The molecule has 2 rings (SSSR count). The van der Waals surface area contributed by atoms with Crippen LogP contribution in [0.5, 0.6) is 5.75 Å². The van der Waals surface area contributed by atoms with Crippen LogP contribution in [0.4, 0.5) is 0 Å². The number of aromatic nitrogens is 1. The minimum Gasteiger partial charge on any atom is -0.503 e. The Hall–Kier alpha value is -2.56. The Balaban J connectivity index is 2.26. The van der Waals surface area contributed by atoms with Crippen molar-refractivity contribution in [2.75, 3.05) is 6.61 Å². The van der Waals surface area contributed by atoms with Crippen molar-refractivity contribution >= 4 is 5.97 Å². The molecule has 0 saturated carbocycles. The van der Waals surface area contributed by atoms with Crippen molar-refractivity contribution < 1.29 is 14.6 Å². The molecule has 1 aromatic heterocycles. The summed E-state index contributed by atoms with van der Waals surface area (Å²) in [5.74, 6) is -0.615. The number of benzene rings is 1. The molecule has 0 spiro atoms. The van der Waals surface area contributed by atoms with Gasteiger partial charge in [0.15, 0.2) is 5.75 Å². The third-order valence-electron chi connectivity index (χ3n) is 3.39. The van der Waals surface area contributed by atoms with Crippen LogP contribution >= 0.6 is 0 Å². The molecule has 0 aliphatic rings. The van der Waals surface area contributed by atoms with Crippen LogP contribution < -0.4 is 5.43 Å². The second-order valence-corrected chi connectivity index (χ2v) is 5.17. The molecule has 0 amide bonds. The summed E-state index contributed by atoms with van der Waals surface area (Å²) in [5.41, 5.74) is 2.25. The number of ether oxygens (including phenoxy) is 1. The van der Waals surface area contributed by atoms with Crippen LogP contribution in [-0.2, 0) is 22.5 Å². The Morgan fingerprint density at radius 3 is 2.55 bits per heavy atom. The molecule has 5 heteroatoms. The molecule has 0 aliphatic heterocycles. The SMILES string of the molecule is CC(=O)OCCn1ccc(=O)c(O)c1Cc1ccc(C)cc1. The van der Waals surface area contributed by atoms with E-state index >= 15 is 0 Å². The molecule has 0 fully saturated rings. The van der Waals surface area contributed by atoms with Crippen molar-refractivity contribution in [2.45, 2.75) is 26.8 Å². The van der Waals surface area contributed by atoms with Gasteiger partial charge in [0.25, 0.3) is 0 Å². The highest BCUT2D eigenvalue weighted by molar-refractivity contribution is 5.65. The minimum absolute atomic E-state index is 0.193. The number of pyridine rings is 1. The Labute approximate surface area is 128 Å². The van der Waals surface area contributed by atoms with Gasteiger partial charge in [-0.3, -0.25) is 9.59 Å². The molecular formula is C17H19NO4. The van der Waals surface area contributed by atoms with E-state index in [-0.39, 0.29) is 18.3 Å². The molecule has 0 atom stereocenters. The maximum atomic E-state index is 11.7. The Kier molecular flexibility index (Phi) is 4.99. The van der Waals surface area contributed by atoms with Gasteiger partial charge >= 0.3 is 5.97 Å². The number of hydrogen-bond donors (Lipinski definition) is 1. The lowest BCUT2D eigenvalue weighted by Gasteiger charge is -2.15. The molecule has 1 heterocycles. The first-order valence-corrected chi connectivity index (χ1v) is 7.07. The fourth-order valence-corrected chi connectivity index (χ4v) is 2.19. The zero-order chi connectivity index (χ0) is 16.1. The molecule has 1 N–H and O–H groups in total. The highest BCUT2D eigenvalue weighted by atomic mass is 16.5. The molecule has 2 aromatic rings. The average Bonchev–Trinajstić information content (AvgIpc) is 2.48. The predicted molar refractivity (Wildman–Crippen MR) is 83.0 cm³/mol. The second-order valence-electron chi connectivity index (χ2n) is 5.17. The summed E-state index contributed by atoms with van der Waals surface area (Å²) in [7, 11) is 0. The van der Waals surface area contributed by atoms with Crippen molar-refractivity contribution in [1.82, 2.24) is 4.57 Å². The van der Waals surface area contributed by atoms with Gasteiger partial charge < -0.3 is 14.4 Å². The van der Waals surface area contributed by atoms with E-state index < -0.39 is 5.43 Å². The number of aromatic hydroxyl groups is 1. The van der Waals surface area contributed by atoms with Crippen molar-refractivity contribution in [1.29, 1.82) is 0 Å². The van der Waals surface area contributed by atoms with Crippen molar-refractivity contribution in [3.8, 4) is 5.75 Å². The number of carbonyl (C=O) groups excluding carboxylic acids is 1. The lowest BCUT2D eigenvalue weighted by Crippen LogP contribution is -2.16. The zero-order valence-electron chi connectivity index (χ0n) is 12.7. The number of esters is 1. The lowest BCUT2D eigenvalue weighted by atomic mass is 10.1. The molecule has 0 saturated heterocycles. The van der Waals surface area contributed by atoms with Gasteiger partial charge in [-0.25, -0.2) is 0 Å². The Morgan fingerprint density at radius 2 is 1.91 bits per heavy atom. The second kappa shape index (κ2) is 6.93. The fraction of sp³-hybridized carbons (Fsp3) is 0.294. The maximum absolute atomic E-state index is 11.7.